The van der Waals surface area contributed by atoms with Gasteiger partial charge in [-0.1, -0.05) is 24.3 Å². The number of carbonyl (C=O) groups excluding carboxylic acids is 2. The maximum absolute atomic E-state index is 12.8. The van der Waals surface area contributed by atoms with Gasteiger partial charge in [0.1, 0.15) is 0 Å². The lowest BCUT2D eigenvalue weighted by atomic mass is 10.1. The molecular weight excluding hydrogens is 438 g/mol. The maximum atomic E-state index is 12.8. The smallest absolute Gasteiger partial charge is 0.273 e. The molecule has 0 spiro atoms. The lowest BCUT2D eigenvalue weighted by molar-refractivity contribution is -0.385. The molecular formula is C25H25N3O6. The Kier molecular flexibility index (Phi) is 7.81. The number of rotatable bonds is 9. The third-order valence-corrected chi connectivity index (χ3v) is 5.24. The number of methoxy groups -OCH3 is 2. The molecule has 0 atom stereocenters. The molecule has 9 heteroatoms. The van der Waals surface area contributed by atoms with E-state index < -0.39 is 10.8 Å². The zero-order chi connectivity index (χ0) is 24.7. The molecule has 34 heavy (non-hydrogen) atoms. The third-order valence-electron chi connectivity index (χ3n) is 5.24. The van der Waals surface area contributed by atoms with Gasteiger partial charge in [0.25, 0.3) is 17.5 Å². The number of hydrogen-bond donors (Lipinski definition) is 2. The molecule has 0 unspecified atom stereocenters. The quantitative estimate of drug-likeness (QED) is 0.363. The van der Waals surface area contributed by atoms with Crippen LogP contribution in [0.1, 0.15) is 31.8 Å². The van der Waals surface area contributed by atoms with Crippen LogP contribution in [0.3, 0.4) is 0 Å². The fraction of sp³-hybridized carbons (Fsp3) is 0.200. The normalized spacial score (nSPS) is 10.3. The maximum Gasteiger partial charge on any atom is 0.273 e. The Morgan fingerprint density at radius 3 is 2.38 bits per heavy atom. The van der Waals surface area contributed by atoms with E-state index in [1.54, 1.807) is 51.5 Å². The lowest BCUT2D eigenvalue weighted by Gasteiger charge is -2.12. The Bertz CT molecular complexity index is 1230. The average molecular weight is 463 g/mol. The fourth-order valence-corrected chi connectivity index (χ4v) is 3.38. The molecule has 0 saturated heterocycles. The predicted octanol–water partition coefficient (Wildman–Crippen LogP) is 4.15. The molecule has 2 amide bonds. The lowest BCUT2D eigenvalue weighted by Crippen LogP contribution is -2.27. The number of para-hydroxylation sites is 1. The number of benzene rings is 3. The highest BCUT2D eigenvalue weighted by molar-refractivity contribution is 6.09. The van der Waals surface area contributed by atoms with Crippen LogP contribution < -0.4 is 20.1 Å². The minimum Gasteiger partial charge on any atom is -0.493 e. The first-order chi connectivity index (χ1) is 16.3. The highest BCUT2D eigenvalue weighted by atomic mass is 16.6. The van der Waals surface area contributed by atoms with Crippen LogP contribution in [0.25, 0.3) is 0 Å². The molecule has 0 aromatic heterocycles. The van der Waals surface area contributed by atoms with Crippen molar-refractivity contribution in [2.75, 3.05) is 26.1 Å². The Morgan fingerprint density at radius 2 is 1.68 bits per heavy atom. The number of nitrogens with one attached hydrogen (secondary N) is 2. The second-order valence-corrected chi connectivity index (χ2v) is 7.45. The van der Waals surface area contributed by atoms with Gasteiger partial charge in [0.15, 0.2) is 11.5 Å². The fourth-order valence-electron chi connectivity index (χ4n) is 3.38. The molecule has 0 fully saturated rings. The van der Waals surface area contributed by atoms with Gasteiger partial charge in [-0.25, -0.2) is 0 Å². The largest absolute Gasteiger partial charge is 0.493 e. The second-order valence-electron chi connectivity index (χ2n) is 7.45. The Hall–Kier alpha value is -4.40. The van der Waals surface area contributed by atoms with Gasteiger partial charge in [-0.15, -0.1) is 0 Å². The van der Waals surface area contributed by atoms with E-state index in [0.29, 0.717) is 35.7 Å². The van der Waals surface area contributed by atoms with Crippen molar-refractivity contribution in [3.05, 3.63) is 93.0 Å². The number of nitro groups is 1. The van der Waals surface area contributed by atoms with Crippen LogP contribution in [0.4, 0.5) is 11.4 Å². The van der Waals surface area contributed by atoms with Gasteiger partial charge in [0.2, 0.25) is 0 Å². The Labute approximate surface area is 196 Å². The molecule has 0 heterocycles. The second kappa shape index (κ2) is 11.0. The van der Waals surface area contributed by atoms with Crippen molar-refractivity contribution >= 4 is 23.2 Å². The summed E-state index contributed by atoms with van der Waals surface area (Å²) in [5.74, 6) is 0.328. The Balaban J connectivity index is 1.68. The summed E-state index contributed by atoms with van der Waals surface area (Å²) in [5.41, 5.74) is 1.98. The number of anilines is 1. The summed E-state index contributed by atoms with van der Waals surface area (Å²) in [6.45, 7) is 1.96. The molecule has 0 aliphatic heterocycles. The number of ether oxygens (including phenoxy) is 2. The summed E-state index contributed by atoms with van der Waals surface area (Å²) in [6.07, 6.45) is 0.563. The van der Waals surface area contributed by atoms with Gasteiger partial charge < -0.3 is 20.1 Å². The van der Waals surface area contributed by atoms with E-state index in [1.165, 1.54) is 18.2 Å². The SMILES string of the molecule is COc1ccc(CCNC(=O)c2ccccc2NC(=O)c2ccc(C)c([N+](=O)[O-])c2)cc1OC. The monoisotopic (exact) mass is 463 g/mol. The molecule has 3 aromatic rings. The summed E-state index contributed by atoms with van der Waals surface area (Å²) >= 11 is 0. The van der Waals surface area contributed by atoms with Gasteiger partial charge in [-0.05, 0) is 49.2 Å². The van der Waals surface area contributed by atoms with E-state index in [9.17, 15) is 19.7 Å². The van der Waals surface area contributed by atoms with Crippen molar-refractivity contribution < 1.29 is 24.0 Å². The van der Waals surface area contributed by atoms with Gasteiger partial charge in [-0.3, -0.25) is 19.7 Å². The third kappa shape index (κ3) is 5.69. The molecule has 0 aliphatic carbocycles. The van der Waals surface area contributed by atoms with E-state index in [2.05, 4.69) is 10.6 Å². The van der Waals surface area contributed by atoms with E-state index in [4.69, 9.17) is 9.47 Å². The molecule has 3 aromatic carbocycles. The highest BCUT2D eigenvalue weighted by Gasteiger charge is 2.17. The summed E-state index contributed by atoms with van der Waals surface area (Å²) in [4.78, 5) is 36.1. The topological polar surface area (TPSA) is 120 Å². The highest BCUT2D eigenvalue weighted by Crippen LogP contribution is 2.27. The predicted molar refractivity (Wildman–Crippen MR) is 128 cm³/mol. The standard InChI is InChI=1S/C25H25N3O6/c1-16-8-10-18(15-21(16)28(31)32)24(29)27-20-7-5-4-6-19(20)25(30)26-13-12-17-9-11-22(33-2)23(14-17)34-3/h4-11,14-15H,12-13H2,1-3H3,(H,26,30)(H,27,29). The molecule has 3 rings (SSSR count). The van der Waals surface area contributed by atoms with Gasteiger partial charge in [-0.2, -0.15) is 0 Å². The van der Waals surface area contributed by atoms with Crippen molar-refractivity contribution in [1.29, 1.82) is 0 Å². The number of nitro benzene ring substituents is 1. The summed E-state index contributed by atoms with van der Waals surface area (Å²) in [7, 11) is 3.12. The van der Waals surface area contributed by atoms with Gasteiger partial charge >= 0.3 is 0 Å². The first-order valence-electron chi connectivity index (χ1n) is 10.5. The molecule has 2 N–H and O–H groups in total. The van der Waals surface area contributed by atoms with Gasteiger partial charge in [0, 0.05) is 23.7 Å². The van der Waals surface area contributed by atoms with Crippen LogP contribution in [-0.4, -0.2) is 37.5 Å². The summed E-state index contributed by atoms with van der Waals surface area (Å²) in [5, 5.41) is 16.7. The summed E-state index contributed by atoms with van der Waals surface area (Å²) in [6, 6.07) is 16.4. The number of nitrogens with zero attached hydrogens (tertiary/aromatic N) is 1. The number of amides is 2. The molecule has 0 bridgehead atoms. The molecule has 0 radical (unpaired) electrons. The van der Waals surface area contributed by atoms with Crippen molar-refractivity contribution in [2.24, 2.45) is 0 Å². The van der Waals surface area contributed by atoms with E-state index in [0.717, 1.165) is 5.56 Å². The zero-order valence-electron chi connectivity index (χ0n) is 19.1. The van der Waals surface area contributed by atoms with Crippen molar-refractivity contribution in [2.45, 2.75) is 13.3 Å². The minimum absolute atomic E-state index is 0.126. The van der Waals surface area contributed by atoms with Crippen molar-refractivity contribution in [3.8, 4) is 11.5 Å². The summed E-state index contributed by atoms with van der Waals surface area (Å²) < 4.78 is 10.5. The molecule has 176 valence electrons. The number of carbonyl (C=O) groups is 2. The van der Waals surface area contributed by atoms with Crippen LogP contribution >= 0.6 is 0 Å². The number of hydrogen-bond acceptors (Lipinski definition) is 6. The van der Waals surface area contributed by atoms with Crippen LogP contribution in [0.15, 0.2) is 60.7 Å². The van der Waals surface area contributed by atoms with E-state index in [1.807, 2.05) is 12.1 Å². The zero-order valence-corrected chi connectivity index (χ0v) is 19.1. The van der Waals surface area contributed by atoms with Crippen LogP contribution in [-0.2, 0) is 6.42 Å². The first-order valence-corrected chi connectivity index (χ1v) is 10.5. The Morgan fingerprint density at radius 1 is 0.941 bits per heavy atom. The van der Waals surface area contributed by atoms with E-state index >= 15 is 0 Å². The molecule has 9 nitrogen and oxygen atoms in total. The first kappa shape index (κ1) is 24.2. The number of aryl methyl sites for hydroxylation is 1. The van der Waals surface area contributed by atoms with E-state index in [-0.39, 0.29) is 22.7 Å². The molecule has 0 aliphatic rings. The molecule has 0 saturated carbocycles. The van der Waals surface area contributed by atoms with Crippen molar-refractivity contribution in [3.63, 3.8) is 0 Å². The van der Waals surface area contributed by atoms with Gasteiger partial charge in [0.05, 0.1) is 30.4 Å². The minimum atomic E-state index is -0.548. The van der Waals surface area contributed by atoms with Crippen LogP contribution in [0.5, 0.6) is 11.5 Å². The van der Waals surface area contributed by atoms with Crippen LogP contribution in [0, 0.1) is 17.0 Å². The average Bonchev–Trinajstić information content (AvgIpc) is 2.84. The van der Waals surface area contributed by atoms with Crippen molar-refractivity contribution in [1.82, 2.24) is 5.32 Å². The van der Waals surface area contributed by atoms with Crippen LogP contribution in [0.2, 0.25) is 0 Å².